The summed E-state index contributed by atoms with van der Waals surface area (Å²) in [5.74, 6) is -1.11. The van der Waals surface area contributed by atoms with Crippen LogP contribution < -0.4 is 4.74 Å². The van der Waals surface area contributed by atoms with Crippen molar-refractivity contribution in [2.45, 2.75) is 19.1 Å². The second kappa shape index (κ2) is 7.63. The van der Waals surface area contributed by atoms with Crippen molar-refractivity contribution >= 4 is 17.4 Å². The van der Waals surface area contributed by atoms with Crippen LogP contribution in [0.5, 0.6) is 5.75 Å². The van der Waals surface area contributed by atoms with Crippen LogP contribution in [0.15, 0.2) is 60.2 Å². The van der Waals surface area contributed by atoms with Gasteiger partial charge in [-0.2, -0.15) is 0 Å². The van der Waals surface area contributed by atoms with E-state index in [0.717, 1.165) is 0 Å². The molecule has 2 atom stereocenters. The van der Waals surface area contributed by atoms with E-state index in [0.29, 0.717) is 16.9 Å². The minimum atomic E-state index is -0.819. The molecular weight excluding hydrogens is 346 g/mol. The van der Waals surface area contributed by atoms with E-state index in [-0.39, 0.29) is 17.9 Å². The molecule has 1 aliphatic heterocycles. The minimum Gasteiger partial charge on any atom is -0.507 e. The SMILES string of the molecule is COc1ccc([C@@H]2C(=C(O)c3ccccc3)C(=O)C(=O)N2C[C@@H](C)O)cc1. The Kier molecular flexibility index (Phi) is 5.28. The van der Waals surface area contributed by atoms with E-state index < -0.39 is 23.8 Å². The Morgan fingerprint density at radius 2 is 1.74 bits per heavy atom. The number of β-amino-alcohol motifs (C(OH)–C–C–N with tert-alkyl or cyclic N) is 1. The van der Waals surface area contributed by atoms with Crippen molar-refractivity contribution in [2.75, 3.05) is 13.7 Å². The Morgan fingerprint density at radius 3 is 2.30 bits per heavy atom. The highest BCUT2D eigenvalue weighted by Gasteiger charge is 2.46. The lowest BCUT2D eigenvalue weighted by atomic mass is 9.95. The molecular formula is C21H21NO5. The number of carbonyl (C=O) groups excluding carboxylic acids is 2. The van der Waals surface area contributed by atoms with Gasteiger partial charge in [0.1, 0.15) is 11.5 Å². The Morgan fingerprint density at radius 1 is 1.11 bits per heavy atom. The van der Waals surface area contributed by atoms with Crippen molar-refractivity contribution in [1.82, 2.24) is 4.90 Å². The van der Waals surface area contributed by atoms with E-state index >= 15 is 0 Å². The van der Waals surface area contributed by atoms with Crippen molar-refractivity contribution < 1.29 is 24.5 Å². The molecule has 0 aliphatic carbocycles. The second-order valence-corrected chi connectivity index (χ2v) is 6.44. The predicted octanol–water partition coefficient (Wildman–Crippen LogP) is 2.50. The van der Waals surface area contributed by atoms with Crippen molar-refractivity contribution in [2.24, 2.45) is 0 Å². The number of carbonyl (C=O) groups is 2. The molecule has 1 amide bonds. The third-order valence-corrected chi connectivity index (χ3v) is 4.48. The van der Waals surface area contributed by atoms with Gasteiger partial charge in [0.2, 0.25) is 0 Å². The molecule has 140 valence electrons. The van der Waals surface area contributed by atoms with Gasteiger partial charge < -0.3 is 19.8 Å². The fourth-order valence-corrected chi connectivity index (χ4v) is 3.24. The second-order valence-electron chi connectivity index (χ2n) is 6.44. The number of benzene rings is 2. The highest BCUT2D eigenvalue weighted by molar-refractivity contribution is 6.46. The fraction of sp³-hybridized carbons (Fsp3) is 0.238. The molecule has 0 saturated carbocycles. The van der Waals surface area contributed by atoms with Gasteiger partial charge in [-0.1, -0.05) is 42.5 Å². The topological polar surface area (TPSA) is 87.1 Å². The van der Waals surface area contributed by atoms with Crippen LogP contribution in [0.1, 0.15) is 24.1 Å². The summed E-state index contributed by atoms with van der Waals surface area (Å²) in [6.45, 7) is 1.52. The minimum absolute atomic E-state index is 0.0111. The molecule has 0 spiro atoms. The number of nitrogens with zero attached hydrogens (tertiary/aromatic N) is 1. The monoisotopic (exact) mass is 367 g/mol. The Balaban J connectivity index is 2.16. The summed E-state index contributed by atoms with van der Waals surface area (Å²) >= 11 is 0. The van der Waals surface area contributed by atoms with Gasteiger partial charge in [-0.05, 0) is 24.6 Å². The molecule has 0 aromatic heterocycles. The number of ketones is 1. The van der Waals surface area contributed by atoms with Crippen molar-refractivity contribution in [1.29, 1.82) is 0 Å². The van der Waals surface area contributed by atoms with Crippen LogP contribution in [0.4, 0.5) is 0 Å². The number of ether oxygens (including phenoxy) is 1. The lowest BCUT2D eigenvalue weighted by Gasteiger charge is -2.26. The van der Waals surface area contributed by atoms with E-state index in [1.807, 2.05) is 0 Å². The van der Waals surface area contributed by atoms with E-state index in [2.05, 4.69) is 0 Å². The van der Waals surface area contributed by atoms with E-state index in [4.69, 9.17) is 4.74 Å². The van der Waals surface area contributed by atoms with Crippen LogP contribution >= 0.6 is 0 Å². The zero-order valence-electron chi connectivity index (χ0n) is 15.1. The molecule has 27 heavy (non-hydrogen) atoms. The van der Waals surface area contributed by atoms with Gasteiger partial charge >= 0.3 is 0 Å². The Bertz CT molecular complexity index is 871. The summed E-state index contributed by atoms with van der Waals surface area (Å²) in [5.41, 5.74) is 1.11. The van der Waals surface area contributed by atoms with Crippen molar-refractivity contribution in [3.05, 3.63) is 71.3 Å². The zero-order valence-corrected chi connectivity index (χ0v) is 15.1. The van der Waals surface area contributed by atoms with Crippen LogP contribution in [0.2, 0.25) is 0 Å². The van der Waals surface area contributed by atoms with Gasteiger partial charge in [0, 0.05) is 12.1 Å². The third kappa shape index (κ3) is 3.57. The maximum Gasteiger partial charge on any atom is 0.295 e. The number of hydrogen-bond acceptors (Lipinski definition) is 5. The molecule has 3 rings (SSSR count). The van der Waals surface area contributed by atoms with Crippen LogP contribution in [0, 0.1) is 0 Å². The Labute approximate surface area is 157 Å². The van der Waals surface area contributed by atoms with E-state index in [9.17, 15) is 19.8 Å². The fourth-order valence-electron chi connectivity index (χ4n) is 3.24. The number of aliphatic hydroxyl groups is 2. The molecule has 2 aromatic carbocycles. The molecule has 1 aliphatic rings. The highest BCUT2D eigenvalue weighted by Crippen LogP contribution is 2.39. The molecule has 1 saturated heterocycles. The average molecular weight is 367 g/mol. The molecule has 0 unspecified atom stereocenters. The molecule has 2 N–H and O–H groups in total. The van der Waals surface area contributed by atoms with Gasteiger partial charge in [0.25, 0.3) is 11.7 Å². The van der Waals surface area contributed by atoms with E-state index in [1.165, 1.54) is 4.90 Å². The standard InChI is InChI=1S/C21H21NO5/c1-13(23)12-22-18(14-8-10-16(27-2)11-9-14)17(20(25)21(22)26)19(24)15-6-4-3-5-7-15/h3-11,13,18,23-24H,12H2,1-2H3/t13-,18-/m1/s1. The summed E-state index contributed by atoms with van der Waals surface area (Å²) in [6, 6.07) is 14.7. The molecule has 0 radical (unpaired) electrons. The number of methoxy groups -OCH3 is 1. The van der Waals surface area contributed by atoms with Gasteiger partial charge in [-0.15, -0.1) is 0 Å². The maximum atomic E-state index is 12.7. The van der Waals surface area contributed by atoms with Crippen LogP contribution in [0.25, 0.3) is 5.76 Å². The zero-order chi connectivity index (χ0) is 19.6. The quantitative estimate of drug-likeness (QED) is 0.482. The van der Waals surface area contributed by atoms with Crippen LogP contribution in [-0.2, 0) is 9.59 Å². The summed E-state index contributed by atoms with van der Waals surface area (Å²) in [4.78, 5) is 26.6. The number of rotatable bonds is 5. The molecule has 1 fully saturated rings. The van der Waals surface area contributed by atoms with E-state index in [1.54, 1.807) is 68.6 Å². The molecule has 1 heterocycles. The smallest absolute Gasteiger partial charge is 0.295 e. The first-order chi connectivity index (χ1) is 12.9. The molecule has 6 heteroatoms. The maximum absolute atomic E-state index is 12.7. The first-order valence-electron chi connectivity index (χ1n) is 8.60. The summed E-state index contributed by atoms with van der Waals surface area (Å²) < 4.78 is 5.16. The van der Waals surface area contributed by atoms with Crippen LogP contribution in [-0.4, -0.2) is 46.6 Å². The first-order valence-corrected chi connectivity index (χ1v) is 8.60. The van der Waals surface area contributed by atoms with Crippen LogP contribution in [0.3, 0.4) is 0 Å². The van der Waals surface area contributed by atoms with Crippen molar-refractivity contribution in [3.63, 3.8) is 0 Å². The molecule has 6 nitrogen and oxygen atoms in total. The lowest BCUT2D eigenvalue weighted by molar-refractivity contribution is -0.140. The summed E-state index contributed by atoms with van der Waals surface area (Å²) in [5, 5.41) is 20.6. The summed E-state index contributed by atoms with van der Waals surface area (Å²) in [7, 11) is 1.55. The Hall–Kier alpha value is -3.12. The summed E-state index contributed by atoms with van der Waals surface area (Å²) in [6.07, 6.45) is -0.819. The number of Topliss-reactive ketones (excluding diaryl/α,β-unsaturated/α-hetero) is 1. The first kappa shape index (κ1) is 18.7. The lowest BCUT2D eigenvalue weighted by Crippen LogP contribution is -2.35. The average Bonchev–Trinajstić information content (AvgIpc) is 2.92. The normalized spacial score (nSPS) is 20.0. The molecule has 2 aromatic rings. The highest BCUT2D eigenvalue weighted by atomic mass is 16.5. The van der Waals surface area contributed by atoms with Gasteiger partial charge in [-0.3, -0.25) is 9.59 Å². The third-order valence-electron chi connectivity index (χ3n) is 4.48. The van der Waals surface area contributed by atoms with Gasteiger partial charge in [0.05, 0.1) is 24.8 Å². The number of amides is 1. The number of aliphatic hydroxyl groups excluding tert-OH is 2. The predicted molar refractivity (Wildman–Crippen MR) is 100 cm³/mol. The largest absolute Gasteiger partial charge is 0.507 e. The van der Waals surface area contributed by atoms with Crippen molar-refractivity contribution in [3.8, 4) is 5.75 Å². The number of hydrogen-bond donors (Lipinski definition) is 2. The van der Waals surface area contributed by atoms with Gasteiger partial charge in [0.15, 0.2) is 0 Å². The van der Waals surface area contributed by atoms with Gasteiger partial charge in [-0.25, -0.2) is 0 Å². The number of likely N-dealkylation sites (tertiary alicyclic amines) is 1. The molecule has 0 bridgehead atoms.